The Kier molecular flexibility index (Phi) is 4.26. The molecular weight excluding hydrogens is 194 g/mol. The second-order valence-corrected chi connectivity index (χ2v) is 3.92. The number of carbonyl (C=O) groups excluding carboxylic acids is 1. The predicted octanol–water partition coefficient (Wildman–Crippen LogP) is 2.98. The van der Waals surface area contributed by atoms with Crippen LogP contribution in [0.2, 0.25) is 0 Å². The predicted molar refractivity (Wildman–Crippen MR) is 60.6 cm³/mol. The molecule has 0 aromatic heterocycles. The van der Waals surface area contributed by atoms with Gasteiger partial charge in [-0.15, -0.1) is 6.58 Å². The molecule has 1 aromatic carbocycles. The minimum Gasteiger partial charge on any atom is -0.343 e. The minimum absolute atomic E-state index is 0.0475. The zero-order valence-corrected chi connectivity index (χ0v) is 8.93. The van der Waals surface area contributed by atoms with Gasteiger partial charge in [0.2, 0.25) is 0 Å². The second kappa shape index (κ2) is 5.50. The summed E-state index contributed by atoms with van der Waals surface area (Å²) in [6.07, 6.45) is 1.66. The molecule has 0 spiro atoms. The van der Waals surface area contributed by atoms with Crippen molar-refractivity contribution in [3.63, 3.8) is 0 Å². The molecule has 0 aliphatic heterocycles. The molecule has 0 fully saturated rings. The van der Waals surface area contributed by atoms with Gasteiger partial charge in [0.15, 0.2) is 0 Å². The molecule has 0 aliphatic rings. The molecule has 0 saturated carbocycles. The molecule has 1 rings (SSSR count). The molecule has 0 unspecified atom stereocenters. The molecule has 0 radical (unpaired) electrons. The molecular formula is C11H13NOS. The van der Waals surface area contributed by atoms with E-state index in [0.29, 0.717) is 6.54 Å². The Bertz CT molecular complexity index is 319. The number of hydrogen-bond acceptors (Lipinski definition) is 2. The lowest BCUT2D eigenvalue weighted by Crippen LogP contribution is -2.17. The van der Waals surface area contributed by atoms with E-state index in [2.05, 4.69) is 11.9 Å². The van der Waals surface area contributed by atoms with E-state index in [0.717, 1.165) is 4.90 Å². The maximum atomic E-state index is 11.3. The van der Waals surface area contributed by atoms with Gasteiger partial charge in [-0.1, -0.05) is 23.8 Å². The number of aryl methyl sites for hydroxylation is 1. The van der Waals surface area contributed by atoms with E-state index in [1.54, 1.807) is 6.08 Å². The zero-order chi connectivity index (χ0) is 10.4. The van der Waals surface area contributed by atoms with Gasteiger partial charge in [0.05, 0.1) is 0 Å². The molecule has 0 aliphatic carbocycles. The molecule has 14 heavy (non-hydrogen) atoms. The van der Waals surface area contributed by atoms with Crippen molar-refractivity contribution in [1.82, 2.24) is 5.32 Å². The van der Waals surface area contributed by atoms with Gasteiger partial charge in [0, 0.05) is 11.4 Å². The molecule has 1 amide bonds. The largest absolute Gasteiger partial charge is 0.343 e. The van der Waals surface area contributed by atoms with E-state index in [1.165, 1.54) is 17.3 Å². The lowest BCUT2D eigenvalue weighted by atomic mass is 10.2. The molecule has 0 heterocycles. The van der Waals surface area contributed by atoms with Crippen molar-refractivity contribution in [3.8, 4) is 0 Å². The standard InChI is InChI=1S/C11H13NOS/c1-3-8-12-11(13)14-10-6-4-9(2)5-7-10/h3-7H,1,8H2,2H3,(H,12,13). The molecule has 74 valence electrons. The van der Waals surface area contributed by atoms with Crippen LogP contribution in [-0.4, -0.2) is 11.8 Å². The third-order valence-corrected chi connectivity index (χ3v) is 2.46. The smallest absolute Gasteiger partial charge is 0.284 e. The van der Waals surface area contributed by atoms with Gasteiger partial charge in [0.25, 0.3) is 5.24 Å². The monoisotopic (exact) mass is 207 g/mol. The number of amides is 1. The lowest BCUT2D eigenvalue weighted by Gasteiger charge is -2.01. The van der Waals surface area contributed by atoms with Crippen molar-refractivity contribution in [2.45, 2.75) is 11.8 Å². The van der Waals surface area contributed by atoms with Crippen molar-refractivity contribution in [2.75, 3.05) is 6.54 Å². The number of benzene rings is 1. The Morgan fingerprint density at radius 2 is 2.14 bits per heavy atom. The van der Waals surface area contributed by atoms with E-state index >= 15 is 0 Å². The van der Waals surface area contributed by atoms with Crippen LogP contribution in [0.25, 0.3) is 0 Å². The summed E-state index contributed by atoms with van der Waals surface area (Å²) < 4.78 is 0. The fraction of sp³-hybridized carbons (Fsp3) is 0.182. The van der Waals surface area contributed by atoms with Gasteiger partial charge in [-0.2, -0.15) is 0 Å². The van der Waals surface area contributed by atoms with E-state index in [9.17, 15) is 4.79 Å². The molecule has 2 nitrogen and oxygen atoms in total. The van der Waals surface area contributed by atoms with Gasteiger partial charge < -0.3 is 5.32 Å². The second-order valence-electron chi connectivity index (χ2n) is 2.87. The first-order valence-corrected chi connectivity index (χ1v) is 5.17. The van der Waals surface area contributed by atoms with Crippen LogP contribution in [0.15, 0.2) is 41.8 Å². The van der Waals surface area contributed by atoms with E-state index in [1.807, 2.05) is 31.2 Å². The van der Waals surface area contributed by atoms with E-state index < -0.39 is 0 Å². The van der Waals surface area contributed by atoms with Crippen molar-refractivity contribution in [1.29, 1.82) is 0 Å². The molecule has 1 N–H and O–H groups in total. The number of carbonyl (C=O) groups is 1. The summed E-state index contributed by atoms with van der Waals surface area (Å²) in [5.74, 6) is 0. The number of thioether (sulfide) groups is 1. The highest BCUT2D eigenvalue weighted by atomic mass is 32.2. The third kappa shape index (κ3) is 3.66. The maximum Gasteiger partial charge on any atom is 0.284 e. The Balaban J connectivity index is 2.47. The number of hydrogen-bond donors (Lipinski definition) is 1. The Labute approximate surface area is 88.4 Å². The van der Waals surface area contributed by atoms with Crippen LogP contribution in [0, 0.1) is 6.92 Å². The van der Waals surface area contributed by atoms with Crippen LogP contribution < -0.4 is 5.32 Å². The summed E-state index contributed by atoms with van der Waals surface area (Å²) >= 11 is 1.19. The molecule has 1 aromatic rings. The SMILES string of the molecule is C=CCNC(=O)Sc1ccc(C)cc1. The molecule has 0 bridgehead atoms. The van der Waals surface area contributed by atoms with Gasteiger partial charge in [-0.05, 0) is 30.8 Å². The average Bonchev–Trinajstić information content (AvgIpc) is 2.18. The summed E-state index contributed by atoms with van der Waals surface area (Å²) in [6, 6.07) is 7.85. The summed E-state index contributed by atoms with van der Waals surface area (Å²) in [6.45, 7) is 6.06. The van der Waals surface area contributed by atoms with E-state index in [4.69, 9.17) is 0 Å². The minimum atomic E-state index is -0.0475. The first-order chi connectivity index (χ1) is 6.72. The fourth-order valence-corrected chi connectivity index (χ4v) is 1.55. The molecule has 0 atom stereocenters. The van der Waals surface area contributed by atoms with Crippen molar-refractivity contribution in [3.05, 3.63) is 42.5 Å². The maximum absolute atomic E-state index is 11.3. The van der Waals surface area contributed by atoms with Crippen LogP contribution in [0.3, 0.4) is 0 Å². The third-order valence-electron chi connectivity index (χ3n) is 1.62. The van der Waals surface area contributed by atoms with Gasteiger partial charge in [-0.25, -0.2) is 0 Å². The average molecular weight is 207 g/mol. The highest BCUT2D eigenvalue weighted by Crippen LogP contribution is 2.18. The summed E-state index contributed by atoms with van der Waals surface area (Å²) in [4.78, 5) is 12.2. The lowest BCUT2D eigenvalue weighted by molar-refractivity contribution is 0.261. The molecule has 0 saturated heterocycles. The Morgan fingerprint density at radius 3 is 2.71 bits per heavy atom. The first kappa shape index (κ1) is 10.9. The van der Waals surface area contributed by atoms with Gasteiger partial charge >= 0.3 is 0 Å². The topological polar surface area (TPSA) is 29.1 Å². The Morgan fingerprint density at radius 1 is 1.50 bits per heavy atom. The zero-order valence-electron chi connectivity index (χ0n) is 8.12. The van der Waals surface area contributed by atoms with Crippen molar-refractivity contribution in [2.24, 2.45) is 0 Å². The Hall–Kier alpha value is -1.22. The summed E-state index contributed by atoms with van der Waals surface area (Å²) in [5.41, 5.74) is 1.20. The van der Waals surface area contributed by atoms with Crippen molar-refractivity contribution >= 4 is 17.0 Å². The highest BCUT2D eigenvalue weighted by Gasteiger charge is 2.01. The summed E-state index contributed by atoms with van der Waals surface area (Å²) in [5, 5.41) is 2.65. The highest BCUT2D eigenvalue weighted by molar-refractivity contribution is 8.13. The number of rotatable bonds is 3. The summed E-state index contributed by atoms with van der Waals surface area (Å²) in [7, 11) is 0. The molecule has 3 heteroatoms. The van der Waals surface area contributed by atoms with Gasteiger partial charge in [-0.3, -0.25) is 4.79 Å². The normalized spacial score (nSPS) is 9.50. The van der Waals surface area contributed by atoms with Crippen molar-refractivity contribution < 1.29 is 4.79 Å². The quantitative estimate of drug-likeness (QED) is 0.610. The van der Waals surface area contributed by atoms with Crippen LogP contribution in [0.5, 0.6) is 0 Å². The first-order valence-electron chi connectivity index (χ1n) is 4.35. The van der Waals surface area contributed by atoms with E-state index in [-0.39, 0.29) is 5.24 Å². The number of nitrogens with one attached hydrogen (secondary N) is 1. The van der Waals surface area contributed by atoms with Crippen LogP contribution in [0.1, 0.15) is 5.56 Å². The van der Waals surface area contributed by atoms with Gasteiger partial charge in [0.1, 0.15) is 0 Å². The van der Waals surface area contributed by atoms with Crippen LogP contribution >= 0.6 is 11.8 Å². The van der Waals surface area contributed by atoms with Crippen LogP contribution in [-0.2, 0) is 0 Å². The fourth-order valence-electron chi connectivity index (χ4n) is 0.905. The van der Waals surface area contributed by atoms with Crippen LogP contribution in [0.4, 0.5) is 4.79 Å².